The van der Waals surface area contributed by atoms with Gasteiger partial charge in [-0.15, -0.1) is 0 Å². The van der Waals surface area contributed by atoms with Gasteiger partial charge in [0.05, 0.1) is 19.3 Å². The first-order chi connectivity index (χ1) is 14.3. The predicted octanol–water partition coefficient (Wildman–Crippen LogP) is 3.61. The largest absolute Gasteiger partial charge is 0.491 e. The molecule has 0 bridgehead atoms. The van der Waals surface area contributed by atoms with E-state index in [9.17, 15) is 4.79 Å². The molecule has 1 amide bonds. The summed E-state index contributed by atoms with van der Waals surface area (Å²) < 4.78 is 17.1. The third-order valence-corrected chi connectivity index (χ3v) is 6.54. The standard InChI is InChI=1S/C23H34N2O4/c26-22(23(11-3-1-4-12-23)25-13-16-27-17-14-25)24-19-7-9-20(10-8-19)29-18-21-6-2-5-15-28-21/h7-10,21H,1-6,11-18H2,(H,24,26). The zero-order chi connectivity index (χ0) is 19.9. The minimum Gasteiger partial charge on any atom is -0.491 e. The fourth-order valence-corrected chi connectivity index (χ4v) is 4.82. The smallest absolute Gasteiger partial charge is 0.244 e. The Morgan fingerprint density at radius 3 is 2.48 bits per heavy atom. The lowest BCUT2D eigenvalue weighted by Crippen LogP contribution is -2.60. The molecule has 3 fully saturated rings. The number of rotatable bonds is 6. The highest BCUT2D eigenvalue weighted by molar-refractivity contribution is 5.98. The van der Waals surface area contributed by atoms with Crippen molar-refractivity contribution in [1.29, 1.82) is 0 Å². The third kappa shape index (κ3) is 5.11. The van der Waals surface area contributed by atoms with E-state index in [2.05, 4.69) is 10.2 Å². The Morgan fingerprint density at radius 1 is 1.03 bits per heavy atom. The Morgan fingerprint density at radius 2 is 1.79 bits per heavy atom. The fourth-order valence-electron chi connectivity index (χ4n) is 4.82. The second-order valence-corrected chi connectivity index (χ2v) is 8.47. The average molecular weight is 403 g/mol. The van der Waals surface area contributed by atoms with Gasteiger partial charge in [0.1, 0.15) is 17.9 Å². The van der Waals surface area contributed by atoms with Crippen molar-refractivity contribution >= 4 is 11.6 Å². The third-order valence-electron chi connectivity index (χ3n) is 6.54. The number of nitrogens with zero attached hydrogens (tertiary/aromatic N) is 1. The maximum atomic E-state index is 13.4. The van der Waals surface area contributed by atoms with Crippen LogP contribution in [0.2, 0.25) is 0 Å². The Bertz CT molecular complexity index is 645. The summed E-state index contributed by atoms with van der Waals surface area (Å²) in [6.07, 6.45) is 8.93. The molecule has 6 heteroatoms. The number of hydrogen-bond donors (Lipinski definition) is 1. The molecule has 2 heterocycles. The van der Waals surface area contributed by atoms with Gasteiger partial charge < -0.3 is 19.5 Å². The molecule has 3 aliphatic rings. The summed E-state index contributed by atoms with van der Waals surface area (Å²) in [5, 5.41) is 3.18. The molecule has 1 aliphatic carbocycles. The number of morpholine rings is 1. The summed E-state index contributed by atoms with van der Waals surface area (Å²) in [5.74, 6) is 0.945. The SMILES string of the molecule is O=C(Nc1ccc(OCC2CCCCO2)cc1)C1(N2CCOCC2)CCCCC1. The van der Waals surface area contributed by atoms with E-state index in [4.69, 9.17) is 14.2 Å². The van der Waals surface area contributed by atoms with E-state index in [-0.39, 0.29) is 12.0 Å². The zero-order valence-electron chi connectivity index (χ0n) is 17.4. The number of carbonyl (C=O) groups excluding carboxylic acids is 1. The zero-order valence-corrected chi connectivity index (χ0v) is 17.4. The van der Waals surface area contributed by atoms with Crippen LogP contribution in [0.5, 0.6) is 5.75 Å². The van der Waals surface area contributed by atoms with E-state index in [0.29, 0.717) is 19.8 Å². The van der Waals surface area contributed by atoms with E-state index >= 15 is 0 Å². The van der Waals surface area contributed by atoms with Gasteiger partial charge in [-0.1, -0.05) is 19.3 Å². The number of nitrogens with one attached hydrogen (secondary N) is 1. The molecule has 1 saturated carbocycles. The van der Waals surface area contributed by atoms with Crippen LogP contribution in [0.4, 0.5) is 5.69 Å². The average Bonchev–Trinajstić information content (AvgIpc) is 2.80. The molecule has 2 saturated heterocycles. The molecule has 4 rings (SSSR count). The summed E-state index contributed by atoms with van der Waals surface area (Å²) >= 11 is 0. The Hall–Kier alpha value is -1.63. The van der Waals surface area contributed by atoms with Gasteiger partial charge in [0.15, 0.2) is 0 Å². The van der Waals surface area contributed by atoms with E-state index < -0.39 is 5.54 Å². The van der Waals surface area contributed by atoms with Crippen molar-refractivity contribution in [2.24, 2.45) is 0 Å². The van der Waals surface area contributed by atoms with Gasteiger partial charge in [-0.05, 0) is 56.4 Å². The Balaban J connectivity index is 1.36. The highest BCUT2D eigenvalue weighted by Crippen LogP contribution is 2.35. The maximum absolute atomic E-state index is 13.4. The Kier molecular flexibility index (Phi) is 7.06. The van der Waals surface area contributed by atoms with Crippen LogP contribution >= 0.6 is 0 Å². The number of anilines is 1. The van der Waals surface area contributed by atoms with Crippen LogP contribution in [-0.4, -0.2) is 62.0 Å². The van der Waals surface area contributed by atoms with Gasteiger partial charge in [0, 0.05) is 25.4 Å². The second kappa shape index (κ2) is 9.92. The first-order valence-corrected chi connectivity index (χ1v) is 11.2. The molecule has 29 heavy (non-hydrogen) atoms. The topological polar surface area (TPSA) is 60.0 Å². The van der Waals surface area contributed by atoms with E-state index in [1.807, 2.05) is 24.3 Å². The second-order valence-electron chi connectivity index (χ2n) is 8.47. The molecule has 1 aromatic carbocycles. The quantitative estimate of drug-likeness (QED) is 0.788. The lowest BCUT2D eigenvalue weighted by Gasteiger charge is -2.46. The first-order valence-electron chi connectivity index (χ1n) is 11.2. The normalized spacial score (nSPS) is 25.3. The van der Waals surface area contributed by atoms with Crippen LogP contribution in [0.1, 0.15) is 51.4 Å². The summed E-state index contributed by atoms with van der Waals surface area (Å²) in [5.41, 5.74) is 0.435. The summed E-state index contributed by atoms with van der Waals surface area (Å²) in [7, 11) is 0. The van der Waals surface area contributed by atoms with E-state index in [1.54, 1.807) is 0 Å². The molecular weight excluding hydrogens is 368 g/mol. The summed E-state index contributed by atoms with van der Waals surface area (Å²) in [6, 6.07) is 7.73. The van der Waals surface area contributed by atoms with Crippen LogP contribution in [0.3, 0.4) is 0 Å². The van der Waals surface area contributed by atoms with Crippen molar-refractivity contribution < 1.29 is 19.0 Å². The predicted molar refractivity (Wildman–Crippen MR) is 112 cm³/mol. The number of amides is 1. The van der Waals surface area contributed by atoms with Crippen LogP contribution in [0, 0.1) is 0 Å². The molecule has 0 radical (unpaired) electrons. The van der Waals surface area contributed by atoms with Gasteiger partial charge in [-0.3, -0.25) is 9.69 Å². The highest BCUT2D eigenvalue weighted by atomic mass is 16.5. The Labute approximate surface area is 173 Å². The van der Waals surface area contributed by atoms with Crippen molar-refractivity contribution in [2.75, 3.05) is 44.8 Å². The van der Waals surface area contributed by atoms with Crippen molar-refractivity contribution in [3.8, 4) is 5.75 Å². The molecule has 0 aromatic heterocycles. The van der Waals surface area contributed by atoms with E-state index in [0.717, 1.165) is 69.7 Å². The number of carbonyl (C=O) groups is 1. The molecule has 1 aromatic rings. The fraction of sp³-hybridized carbons (Fsp3) is 0.696. The monoisotopic (exact) mass is 402 g/mol. The molecule has 1 N–H and O–H groups in total. The minimum atomic E-state index is -0.393. The molecule has 6 nitrogen and oxygen atoms in total. The number of benzene rings is 1. The molecule has 160 valence electrons. The van der Waals surface area contributed by atoms with Gasteiger partial charge >= 0.3 is 0 Å². The molecule has 1 unspecified atom stereocenters. The number of ether oxygens (including phenoxy) is 3. The first kappa shape index (κ1) is 20.6. The van der Waals surface area contributed by atoms with Crippen LogP contribution in [-0.2, 0) is 14.3 Å². The summed E-state index contributed by atoms with van der Waals surface area (Å²) in [4.78, 5) is 15.7. The van der Waals surface area contributed by atoms with E-state index in [1.165, 1.54) is 12.8 Å². The van der Waals surface area contributed by atoms with Gasteiger partial charge in [-0.2, -0.15) is 0 Å². The highest BCUT2D eigenvalue weighted by Gasteiger charge is 2.45. The van der Waals surface area contributed by atoms with Gasteiger partial charge in [0.2, 0.25) is 5.91 Å². The maximum Gasteiger partial charge on any atom is 0.244 e. The van der Waals surface area contributed by atoms with Crippen molar-refractivity contribution in [2.45, 2.75) is 63.0 Å². The van der Waals surface area contributed by atoms with Crippen molar-refractivity contribution in [3.05, 3.63) is 24.3 Å². The summed E-state index contributed by atoms with van der Waals surface area (Å²) in [6.45, 7) is 4.53. The molecule has 1 atom stereocenters. The lowest BCUT2D eigenvalue weighted by atomic mass is 9.79. The lowest BCUT2D eigenvalue weighted by molar-refractivity contribution is -0.134. The van der Waals surface area contributed by atoms with Gasteiger partial charge in [-0.25, -0.2) is 0 Å². The minimum absolute atomic E-state index is 0.128. The number of hydrogen-bond acceptors (Lipinski definition) is 5. The van der Waals surface area contributed by atoms with Crippen LogP contribution in [0.15, 0.2) is 24.3 Å². The van der Waals surface area contributed by atoms with Crippen LogP contribution in [0.25, 0.3) is 0 Å². The van der Waals surface area contributed by atoms with Crippen molar-refractivity contribution in [3.63, 3.8) is 0 Å². The van der Waals surface area contributed by atoms with Gasteiger partial charge in [0.25, 0.3) is 0 Å². The molecule has 2 aliphatic heterocycles. The van der Waals surface area contributed by atoms with Crippen molar-refractivity contribution in [1.82, 2.24) is 4.90 Å². The molecular formula is C23H34N2O4. The van der Waals surface area contributed by atoms with Crippen LogP contribution < -0.4 is 10.1 Å². The molecule has 0 spiro atoms.